The molecule has 0 saturated carbocycles. The first-order valence-electron chi connectivity index (χ1n) is 11.3. The molecule has 2 amide bonds. The monoisotopic (exact) mass is 472 g/mol. The molecule has 0 N–H and O–H groups in total. The van der Waals surface area contributed by atoms with Crippen LogP contribution in [0.15, 0.2) is 46.9 Å². The Kier molecular flexibility index (Phi) is 7.85. The zero-order valence-electron chi connectivity index (χ0n) is 18.8. The largest absolute Gasteiger partial charge is 0.379 e. The maximum Gasteiger partial charge on any atom is 0.262 e. The van der Waals surface area contributed by atoms with E-state index in [1.165, 1.54) is 22.4 Å². The normalized spacial score (nSPS) is 18.9. The zero-order valence-corrected chi connectivity index (χ0v) is 19.6. The maximum absolute atomic E-state index is 14.7. The van der Waals surface area contributed by atoms with Crippen LogP contribution in [0.25, 0.3) is 0 Å². The van der Waals surface area contributed by atoms with E-state index < -0.39 is 6.04 Å². The molecule has 33 heavy (non-hydrogen) atoms. The average molecular weight is 473 g/mol. The zero-order chi connectivity index (χ0) is 23.2. The van der Waals surface area contributed by atoms with Crippen molar-refractivity contribution in [2.75, 3.05) is 45.9 Å². The molecule has 4 rings (SSSR count). The third kappa shape index (κ3) is 5.66. The Morgan fingerprint density at radius 1 is 1.21 bits per heavy atom. The second-order valence-electron chi connectivity index (χ2n) is 8.13. The van der Waals surface area contributed by atoms with E-state index >= 15 is 0 Å². The Bertz CT molecular complexity index is 991. The van der Waals surface area contributed by atoms with E-state index in [1.54, 1.807) is 30.0 Å². The smallest absolute Gasteiger partial charge is 0.262 e. The molecule has 176 valence electrons. The average Bonchev–Trinajstić information content (AvgIpc) is 3.52. The van der Waals surface area contributed by atoms with Gasteiger partial charge in [-0.1, -0.05) is 31.2 Å². The molecular formula is C24H29FN4O3S. The predicted molar refractivity (Wildman–Crippen MR) is 126 cm³/mol. The van der Waals surface area contributed by atoms with Crippen LogP contribution in [0.5, 0.6) is 0 Å². The molecule has 9 heteroatoms. The van der Waals surface area contributed by atoms with E-state index in [9.17, 15) is 14.0 Å². The molecule has 7 nitrogen and oxygen atoms in total. The summed E-state index contributed by atoms with van der Waals surface area (Å²) in [5.74, 6) is -0.754. The summed E-state index contributed by atoms with van der Waals surface area (Å²) in [7, 11) is 0. The quantitative estimate of drug-likeness (QED) is 0.592. The Labute approximate surface area is 197 Å². The molecular weight excluding hydrogens is 443 g/mol. The van der Waals surface area contributed by atoms with Gasteiger partial charge in [0.25, 0.3) is 5.91 Å². The molecule has 0 spiro atoms. The first-order valence-corrected chi connectivity index (χ1v) is 12.2. The van der Waals surface area contributed by atoms with Crippen LogP contribution >= 0.6 is 11.3 Å². The summed E-state index contributed by atoms with van der Waals surface area (Å²) in [5.41, 5.74) is 1.19. The number of thiophene rings is 1. The lowest BCUT2D eigenvalue weighted by atomic mass is 10.0. The SMILES string of the molecule is CCC(=O)N(CCN1CCOCC1)CC(=O)N1N=C(c2cccs2)C[C@@H]1c1ccccc1F. The third-order valence-electron chi connectivity index (χ3n) is 6.01. The number of nitrogens with zero attached hydrogens (tertiary/aromatic N) is 4. The number of carbonyl (C=O) groups excluding carboxylic acids is 2. The molecule has 2 aliphatic heterocycles. The summed E-state index contributed by atoms with van der Waals surface area (Å²) in [5, 5.41) is 7.92. The number of hydrazone groups is 1. The summed E-state index contributed by atoms with van der Waals surface area (Å²) in [6.45, 7) is 5.85. The van der Waals surface area contributed by atoms with Crippen molar-refractivity contribution in [3.63, 3.8) is 0 Å². The van der Waals surface area contributed by atoms with E-state index in [4.69, 9.17) is 4.74 Å². The molecule has 2 aromatic rings. The molecule has 0 unspecified atom stereocenters. The minimum absolute atomic E-state index is 0.0802. The predicted octanol–water partition coefficient (Wildman–Crippen LogP) is 3.14. The van der Waals surface area contributed by atoms with Gasteiger partial charge in [-0.05, 0) is 17.5 Å². The third-order valence-corrected chi connectivity index (χ3v) is 6.93. The Balaban J connectivity index is 1.52. The van der Waals surface area contributed by atoms with Crippen LogP contribution in [-0.4, -0.2) is 78.3 Å². The number of ether oxygens (including phenoxy) is 1. The molecule has 0 radical (unpaired) electrons. The van der Waals surface area contributed by atoms with E-state index in [-0.39, 0.29) is 24.2 Å². The van der Waals surface area contributed by atoms with Gasteiger partial charge in [0.1, 0.15) is 12.4 Å². The summed E-state index contributed by atoms with van der Waals surface area (Å²) < 4.78 is 20.0. The molecule has 2 aliphatic rings. The van der Waals surface area contributed by atoms with Crippen LogP contribution in [0.3, 0.4) is 0 Å². The number of morpholine rings is 1. The lowest BCUT2D eigenvalue weighted by Gasteiger charge is -2.31. The maximum atomic E-state index is 14.7. The number of hydrogen-bond donors (Lipinski definition) is 0. The number of hydrogen-bond acceptors (Lipinski definition) is 6. The second-order valence-corrected chi connectivity index (χ2v) is 9.07. The fraction of sp³-hybridized carbons (Fsp3) is 0.458. The molecule has 0 bridgehead atoms. The van der Waals surface area contributed by atoms with Gasteiger partial charge in [-0.25, -0.2) is 9.40 Å². The van der Waals surface area contributed by atoms with Crippen LogP contribution in [0.4, 0.5) is 4.39 Å². The highest BCUT2D eigenvalue weighted by molar-refractivity contribution is 7.12. The topological polar surface area (TPSA) is 65.5 Å². The molecule has 1 aromatic heterocycles. The van der Waals surface area contributed by atoms with E-state index in [1.807, 2.05) is 17.5 Å². The van der Waals surface area contributed by atoms with Gasteiger partial charge in [0.15, 0.2) is 0 Å². The Morgan fingerprint density at radius 2 is 2.00 bits per heavy atom. The fourth-order valence-electron chi connectivity index (χ4n) is 4.16. The molecule has 0 aliphatic carbocycles. The van der Waals surface area contributed by atoms with Crippen LogP contribution < -0.4 is 0 Å². The van der Waals surface area contributed by atoms with Crippen LogP contribution in [-0.2, 0) is 14.3 Å². The highest BCUT2D eigenvalue weighted by Gasteiger charge is 2.35. The van der Waals surface area contributed by atoms with Gasteiger partial charge >= 0.3 is 0 Å². The standard InChI is InChI=1S/C24H29FN4O3S/c1-2-23(30)28(10-9-27-11-13-32-14-12-27)17-24(31)29-21(18-6-3-4-7-19(18)25)16-20(26-29)22-8-5-15-33-22/h3-8,15,21H,2,9-14,16-17H2,1H3/t21-/m1/s1. The summed E-state index contributed by atoms with van der Waals surface area (Å²) >= 11 is 1.54. The molecule has 1 saturated heterocycles. The molecule has 1 aromatic carbocycles. The van der Waals surface area contributed by atoms with Crippen molar-refractivity contribution in [2.45, 2.75) is 25.8 Å². The molecule has 3 heterocycles. The van der Waals surface area contributed by atoms with Crippen molar-refractivity contribution in [2.24, 2.45) is 5.10 Å². The van der Waals surface area contributed by atoms with Gasteiger partial charge in [-0.3, -0.25) is 14.5 Å². The van der Waals surface area contributed by atoms with Crippen LogP contribution in [0.2, 0.25) is 0 Å². The summed E-state index contributed by atoms with van der Waals surface area (Å²) in [4.78, 5) is 30.8. The first kappa shape index (κ1) is 23.5. The van der Waals surface area contributed by atoms with Crippen molar-refractivity contribution < 1.29 is 18.7 Å². The fourth-order valence-corrected chi connectivity index (χ4v) is 4.88. The van der Waals surface area contributed by atoms with Crippen molar-refractivity contribution >= 4 is 28.9 Å². The number of carbonyl (C=O) groups is 2. The minimum atomic E-state index is -0.534. The van der Waals surface area contributed by atoms with Gasteiger partial charge in [-0.2, -0.15) is 5.10 Å². The highest BCUT2D eigenvalue weighted by Crippen LogP contribution is 2.35. The second kappa shape index (κ2) is 11.0. The van der Waals surface area contributed by atoms with Crippen LogP contribution in [0, 0.1) is 5.82 Å². The molecule has 1 atom stereocenters. The number of benzene rings is 1. The van der Waals surface area contributed by atoms with Crippen molar-refractivity contribution in [1.82, 2.24) is 14.8 Å². The minimum Gasteiger partial charge on any atom is -0.379 e. The van der Waals surface area contributed by atoms with Gasteiger partial charge in [0.2, 0.25) is 5.91 Å². The van der Waals surface area contributed by atoms with Crippen molar-refractivity contribution in [3.05, 3.63) is 58.0 Å². The number of amides is 2. The highest BCUT2D eigenvalue weighted by atomic mass is 32.1. The van der Waals surface area contributed by atoms with E-state index in [2.05, 4.69) is 10.0 Å². The number of halogens is 1. The van der Waals surface area contributed by atoms with Crippen molar-refractivity contribution in [3.8, 4) is 0 Å². The van der Waals surface area contributed by atoms with Gasteiger partial charge in [0.05, 0.1) is 29.8 Å². The van der Waals surface area contributed by atoms with E-state index in [0.717, 1.165) is 23.7 Å². The lowest BCUT2D eigenvalue weighted by molar-refractivity contribution is -0.141. The lowest BCUT2D eigenvalue weighted by Crippen LogP contribution is -2.46. The Morgan fingerprint density at radius 3 is 2.70 bits per heavy atom. The van der Waals surface area contributed by atoms with E-state index in [0.29, 0.717) is 44.7 Å². The number of rotatable bonds is 8. The van der Waals surface area contributed by atoms with Crippen LogP contribution in [0.1, 0.15) is 36.2 Å². The van der Waals surface area contributed by atoms with Gasteiger partial charge in [-0.15, -0.1) is 11.3 Å². The first-order chi connectivity index (χ1) is 16.1. The van der Waals surface area contributed by atoms with Gasteiger partial charge < -0.3 is 9.64 Å². The van der Waals surface area contributed by atoms with Crippen molar-refractivity contribution in [1.29, 1.82) is 0 Å². The molecule has 1 fully saturated rings. The Hall–Kier alpha value is -2.62. The summed E-state index contributed by atoms with van der Waals surface area (Å²) in [6, 6.07) is 9.84. The van der Waals surface area contributed by atoms with Gasteiger partial charge in [0, 0.05) is 44.6 Å². The summed E-state index contributed by atoms with van der Waals surface area (Å²) in [6.07, 6.45) is 0.750.